The molecule has 0 bridgehead atoms. The summed E-state index contributed by atoms with van der Waals surface area (Å²) >= 11 is 3.36. The van der Waals surface area contributed by atoms with Gasteiger partial charge in [0.25, 0.3) is 0 Å². The minimum atomic E-state index is -3.81. The number of alkyl halides is 1. The van der Waals surface area contributed by atoms with Crippen LogP contribution in [0.3, 0.4) is 0 Å². The Hall–Kier alpha value is -0.490. The summed E-state index contributed by atoms with van der Waals surface area (Å²) in [5, 5.41) is 0.566. The van der Waals surface area contributed by atoms with Crippen LogP contribution in [0, 0.1) is 17.0 Å². The van der Waals surface area contributed by atoms with Gasteiger partial charge in [-0.15, -0.1) is 0 Å². The second-order valence-electron chi connectivity index (χ2n) is 5.17. The van der Waals surface area contributed by atoms with Crippen molar-refractivity contribution in [3.05, 3.63) is 29.8 Å². The highest BCUT2D eigenvalue weighted by atomic mass is 79.9. The van der Waals surface area contributed by atoms with Gasteiger partial charge in [-0.25, -0.2) is 17.2 Å². The molecule has 0 heterocycles. The number of hydrogen-bond acceptors (Lipinski definition) is 2. The van der Waals surface area contributed by atoms with E-state index < -0.39 is 26.4 Å². The molecule has 1 aliphatic carbocycles. The summed E-state index contributed by atoms with van der Waals surface area (Å²) in [4.78, 5) is -0.528. The summed E-state index contributed by atoms with van der Waals surface area (Å²) < 4.78 is 51.3. The van der Waals surface area contributed by atoms with Gasteiger partial charge < -0.3 is 0 Å². The molecule has 0 radical (unpaired) electrons. The molecular weight excluding hydrogens is 338 g/mol. The van der Waals surface area contributed by atoms with E-state index in [-0.39, 0.29) is 11.2 Å². The smallest absolute Gasteiger partial charge is 0.181 e. The van der Waals surface area contributed by atoms with E-state index in [1.165, 1.54) is 0 Å². The minimum absolute atomic E-state index is 0.133. The van der Waals surface area contributed by atoms with E-state index in [1.54, 1.807) is 0 Å². The fourth-order valence-corrected chi connectivity index (χ4v) is 5.67. The van der Waals surface area contributed by atoms with Crippen molar-refractivity contribution in [2.45, 2.75) is 30.6 Å². The number of benzene rings is 1. The summed E-state index contributed by atoms with van der Waals surface area (Å²) in [6, 6.07) is 2.55. The van der Waals surface area contributed by atoms with Crippen LogP contribution in [0.1, 0.15) is 25.7 Å². The Morgan fingerprint density at radius 1 is 1.21 bits per heavy atom. The predicted molar refractivity (Wildman–Crippen MR) is 73.1 cm³/mol. The van der Waals surface area contributed by atoms with Crippen molar-refractivity contribution in [1.29, 1.82) is 0 Å². The van der Waals surface area contributed by atoms with Crippen molar-refractivity contribution in [3.63, 3.8) is 0 Å². The third-order valence-corrected chi connectivity index (χ3v) is 6.84. The van der Waals surface area contributed by atoms with Crippen molar-refractivity contribution >= 4 is 25.8 Å². The maximum absolute atomic E-state index is 13.6. The normalized spacial score (nSPS) is 18.7. The largest absolute Gasteiger partial charge is 0.224 e. The quantitative estimate of drug-likeness (QED) is 0.774. The van der Waals surface area contributed by atoms with E-state index in [1.807, 2.05) is 0 Å². The number of halogens is 3. The zero-order valence-electron chi connectivity index (χ0n) is 10.3. The molecule has 0 aliphatic heterocycles. The van der Waals surface area contributed by atoms with Gasteiger partial charge in [0.1, 0.15) is 16.5 Å². The van der Waals surface area contributed by atoms with Crippen LogP contribution in [0.4, 0.5) is 8.78 Å². The van der Waals surface area contributed by atoms with Crippen LogP contribution < -0.4 is 0 Å². The molecule has 1 fully saturated rings. The zero-order chi connectivity index (χ0) is 14.1. The lowest BCUT2D eigenvalue weighted by Gasteiger charge is -2.26. The van der Waals surface area contributed by atoms with Crippen LogP contribution in [-0.2, 0) is 9.84 Å². The molecule has 0 atom stereocenters. The van der Waals surface area contributed by atoms with E-state index in [2.05, 4.69) is 15.9 Å². The fraction of sp³-hybridized carbons (Fsp3) is 0.538. The van der Waals surface area contributed by atoms with Crippen LogP contribution in [0.2, 0.25) is 0 Å². The Balaban J connectivity index is 2.34. The lowest BCUT2D eigenvalue weighted by atomic mass is 9.92. The van der Waals surface area contributed by atoms with Gasteiger partial charge in [0.15, 0.2) is 9.84 Å². The molecule has 6 heteroatoms. The molecule has 2 rings (SSSR count). The van der Waals surface area contributed by atoms with Crippen LogP contribution in [0.15, 0.2) is 23.1 Å². The van der Waals surface area contributed by atoms with Crippen LogP contribution in [0.25, 0.3) is 0 Å². The Morgan fingerprint density at radius 3 is 2.42 bits per heavy atom. The van der Waals surface area contributed by atoms with E-state index in [4.69, 9.17) is 0 Å². The van der Waals surface area contributed by atoms with Gasteiger partial charge in [0.05, 0.1) is 5.75 Å². The molecule has 1 saturated carbocycles. The van der Waals surface area contributed by atoms with Crippen molar-refractivity contribution in [3.8, 4) is 0 Å². The second kappa shape index (κ2) is 5.48. The number of rotatable bonds is 4. The van der Waals surface area contributed by atoms with Crippen molar-refractivity contribution < 1.29 is 17.2 Å². The molecule has 0 aromatic heterocycles. The molecule has 0 N–H and O–H groups in total. The fourth-order valence-electron chi connectivity index (χ4n) is 2.64. The van der Waals surface area contributed by atoms with Crippen molar-refractivity contribution in [1.82, 2.24) is 0 Å². The summed E-state index contributed by atoms with van der Waals surface area (Å²) in [6.45, 7) is 0. The molecule has 0 unspecified atom stereocenters. The van der Waals surface area contributed by atoms with Gasteiger partial charge in [-0.1, -0.05) is 28.8 Å². The molecule has 19 heavy (non-hydrogen) atoms. The lowest BCUT2D eigenvalue weighted by molar-refractivity contribution is 0.393. The molecular formula is C13H15BrF2O2S. The van der Waals surface area contributed by atoms with Crippen LogP contribution >= 0.6 is 15.9 Å². The maximum Gasteiger partial charge on any atom is 0.181 e. The van der Waals surface area contributed by atoms with Gasteiger partial charge in [-0.2, -0.15) is 0 Å². The summed E-state index contributed by atoms with van der Waals surface area (Å²) in [6.07, 6.45) is 3.56. The van der Waals surface area contributed by atoms with Crippen LogP contribution in [0.5, 0.6) is 0 Å². The summed E-state index contributed by atoms with van der Waals surface area (Å²) in [5.74, 6) is -1.76. The van der Waals surface area contributed by atoms with Crippen molar-refractivity contribution in [2.24, 2.45) is 5.41 Å². The second-order valence-corrected chi connectivity index (χ2v) is 7.69. The third kappa shape index (κ3) is 3.16. The van der Waals surface area contributed by atoms with Gasteiger partial charge in [-0.3, -0.25) is 0 Å². The molecule has 106 valence electrons. The number of hydrogen-bond donors (Lipinski definition) is 0. The van der Waals surface area contributed by atoms with Crippen molar-refractivity contribution in [2.75, 3.05) is 11.1 Å². The molecule has 1 aromatic rings. The van der Waals surface area contributed by atoms with Gasteiger partial charge in [0, 0.05) is 5.33 Å². The monoisotopic (exact) mass is 352 g/mol. The Bertz CT molecular complexity index is 566. The molecule has 1 aromatic carbocycles. The van der Waals surface area contributed by atoms with E-state index >= 15 is 0 Å². The first kappa shape index (κ1) is 14.9. The third-order valence-electron chi connectivity index (χ3n) is 3.67. The first-order chi connectivity index (χ1) is 8.88. The number of sulfone groups is 1. The Labute approximate surface area is 120 Å². The SMILES string of the molecule is O=S(=O)(CC1(CBr)CCCC1)c1cc(F)ccc1F. The van der Waals surface area contributed by atoms with Gasteiger partial charge >= 0.3 is 0 Å². The highest BCUT2D eigenvalue weighted by molar-refractivity contribution is 9.09. The highest BCUT2D eigenvalue weighted by Crippen LogP contribution is 2.42. The Kier molecular flexibility index (Phi) is 4.30. The Morgan fingerprint density at radius 2 is 1.84 bits per heavy atom. The molecule has 2 nitrogen and oxygen atoms in total. The predicted octanol–water partition coefficient (Wildman–Crippen LogP) is 3.69. The molecule has 0 saturated heterocycles. The topological polar surface area (TPSA) is 34.1 Å². The lowest BCUT2D eigenvalue weighted by Crippen LogP contribution is -2.29. The van der Waals surface area contributed by atoms with Gasteiger partial charge in [0.2, 0.25) is 0 Å². The average molecular weight is 353 g/mol. The molecule has 1 aliphatic rings. The molecule has 0 amide bonds. The first-order valence-electron chi connectivity index (χ1n) is 6.12. The maximum atomic E-state index is 13.6. The molecule has 0 spiro atoms. The van der Waals surface area contributed by atoms with Gasteiger partial charge in [-0.05, 0) is 36.5 Å². The zero-order valence-corrected chi connectivity index (χ0v) is 12.7. The standard InChI is InChI=1S/C13H15BrF2O2S/c14-8-13(5-1-2-6-13)9-19(17,18)12-7-10(15)3-4-11(12)16/h3-4,7H,1-2,5-6,8-9H2. The van der Waals surface area contributed by atoms with Crippen LogP contribution in [-0.4, -0.2) is 19.5 Å². The van der Waals surface area contributed by atoms with E-state index in [0.29, 0.717) is 5.33 Å². The minimum Gasteiger partial charge on any atom is -0.224 e. The average Bonchev–Trinajstić information content (AvgIpc) is 2.80. The summed E-state index contributed by atoms with van der Waals surface area (Å²) in [7, 11) is -3.81. The summed E-state index contributed by atoms with van der Waals surface area (Å²) in [5.41, 5.74) is -0.350. The van der Waals surface area contributed by atoms with E-state index in [9.17, 15) is 17.2 Å². The highest BCUT2D eigenvalue weighted by Gasteiger charge is 2.38. The first-order valence-corrected chi connectivity index (χ1v) is 8.90. The van der Waals surface area contributed by atoms with E-state index in [0.717, 1.165) is 43.9 Å².